The number of hydrogen-bond donors (Lipinski definition) is 1. The van der Waals surface area contributed by atoms with Crippen molar-refractivity contribution in [1.29, 1.82) is 0 Å². The predicted octanol–water partition coefficient (Wildman–Crippen LogP) is 3.75. The number of carbonyl (C=O) groups is 1. The summed E-state index contributed by atoms with van der Waals surface area (Å²) in [6.07, 6.45) is 3.23. The average molecular weight is 312 g/mol. The Kier molecular flexibility index (Phi) is 3.76. The van der Waals surface area contributed by atoms with Crippen molar-refractivity contribution < 1.29 is 4.79 Å². The van der Waals surface area contributed by atoms with Gasteiger partial charge in [0.25, 0.3) is 5.91 Å². The Hall–Kier alpha value is -1.39. The number of carbonyl (C=O) groups excluding carboxylic acids is 1. The van der Waals surface area contributed by atoms with E-state index in [1.807, 2.05) is 0 Å². The Morgan fingerprint density at radius 1 is 1.24 bits per heavy atom. The third kappa shape index (κ3) is 3.28. The van der Waals surface area contributed by atoms with Crippen molar-refractivity contribution in [1.82, 2.24) is 4.98 Å². The summed E-state index contributed by atoms with van der Waals surface area (Å²) >= 11 is 9.04. The van der Waals surface area contributed by atoms with E-state index in [9.17, 15) is 4.79 Å². The highest BCUT2D eigenvalue weighted by atomic mass is 79.9. The first-order chi connectivity index (χ1) is 8.15. The molecule has 2 aromatic rings. The lowest BCUT2D eigenvalue weighted by Crippen LogP contribution is -2.11. The Morgan fingerprint density at radius 2 is 1.94 bits per heavy atom. The highest BCUT2D eigenvalue weighted by molar-refractivity contribution is 9.10. The van der Waals surface area contributed by atoms with Crippen LogP contribution >= 0.6 is 27.5 Å². The number of hydrogen-bond acceptors (Lipinski definition) is 2. The van der Waals surface area contributed by atoms with Gasteiger partial charge >= 0.3 is 0 Å². The zero-order chi connectivity index (χ0) is 12.3. The third-order valence-electron chi connectivity index (χ3n) is 2.07. The molecule has 0 fully saturated rings. The Bertz CT molecular complexity index is 542. The van der Waals surface area contributed by atoms with Crippen LogP contribution in [-0.2, 0) is 0 Å². The van der Waals surface area contributed by atoms with E-state index in [0.717, 1.165) is 4.47 Å². The quantitative estimate of drug-likeness (QED) is 0.918. The molecule has 0 aliphatic heterocycles. The SMILES string of the molecule is O=C(Nc1cncc(Br)c1)c1ccc(Cl)cc1. The second-order valence-corrected chi connectivity index (χ2v) is 4.70. The van der Waals surface area contributed by atoms with E-state index in [1.54, 1.807) is 42.7 Å². The second-order valence-electron chi connectivity index (χ2n) is 3.35. The number of nitrogens with one attached hydrogen (secondary N) is 1. The molecule has 0 saturated carbocycles. The van der Waals surface area contributed by atoms with Crippen LogP contribution in [0.4, 0.5) is 5.69 Å². The minimum absolute atomic E-state index is 0.193. The van der Waals surface area contributed by atoms with Gasteiger partial charge in [-0.25, -0.2) is 0 Å². The van der Waals surface area contributed by atoms with Gasteiger partial charge in [0, 0.05) is 21.3 Å². The van der Waals surface area contributed by atoms with E-state index in [0.29, 0.717) is 16.3 Å². The van der Waals surface area contributed by atoms with Gasteiger partial charge in [0.15, 0.2) is 0 Å². The lowest BCUT2D eigenvalue weighted by atomic mass is 10.2. The van der Waals surface area contributed by atoms with Crippen LogP contribution in [-0.4, -0.2) is 10.9 Å². The molecule has 5 heteroatoms. The van der Waals surface area contributed by atoms with Crippen molar-refractivity contribution >= 4 is 39.1 Å². The van der Waals surface area contributed by atoms with Gasteiger partial charge < -0.3 is 5.32 Å². The molecule has 17 heavy (non-hydrogen) atoms. The highest BCUT2D eigenvalue weighted by Crippen LogP contribution is 2.15. The second kappa shape index (κ2) is 5.29. The molecule has 0 bridgehead atoms. The van der Waals surface area contributed by atoms with Gasteiger partial charge in [-0.05, 0) is 46.3 Å². The molecule has 1 heterocycles. The summed E-state index contributed by atoms with van der Waals surface area (Å²) in [4.78, 5) is 15.8. The average Bonchev–Trinajstić information content (AvgIpc) is 2.29. The molecule has 0 unspecified atom stereocenters. The fraction of sp³-hybridized carbons (Fsp3) is 0. The van der Waals surface area contributed by atoms with Crippen molar-refractivity contribution in [3.05, 3.63) is 57.8 Å². The molecule has 1 N–H and O–H groups in total. The van der Waals surface area contributed by atoms with Crippen molar-refractivity contribution in [2.45, 2.75) is 0 Å². The first-order valence-electron chi connectivity index (χ1n) is 4.82. The number of amides is 1. The normalized spacial score (nSPS) is 10.0. The van der Waals surface area contributed by atoms with Gasteiger partial charge in [0.05, 0.1) is 11.9 Å². The van der Waals surface area contributed by atoms with Crippen molar-refractivity contribution in [3.8, 4) is 0 Å². The molecular formula is C12H8BrClN2O. The minimum Gasteiger partial charge on any atom is -0.321 e. The summed E-state index contributed by atoms with van der Waals surface area (Å²) in [6.45, 7) is 0. The van der Waals surface area contributed by atoms with Crippen molar-refractivity contribution in [2.24, 2.45) is 0 Å². The van der Waals surface area contributed by atoms with Gasteiger partial charge in [-0.2, -0.15) is 0 Å². The van der Waals surface area contributed by atoms with E-state index < -0.39 is 0 Å². The van der Waals surface area contributed by atoms with Gasteiger partial charge in [-0.15, -0.1) is 0 Å². The summed E-state index contributed by atoms with van der Waals surface area (Å²) < 4.78 is 0.811. The molecule has 3 nitrogen and oxygen atoms in total. The molecule has 0 radical (unpaired) electrons. The fourth-order valence-electron chi connectivity index (χ4n) is 1.28. The molecule has 1 aromatic carbocycles. The molecule has 2 rings (SSSR count). The molecule has 0 atom stereocenters. The first-order valence-corrected chi connectivity index (χ1v) is 6.00. The van der Waals surface area contributed by atoms with Crippen LogP contribution in [0.3, 0.4) is 0 Å². The number of halogens is 2. The van der Waals surface area contributed by atoms with Crippen LogP contribution in [0.25, 0.3) is 0 Å². The summed E-state index contributed by atoms with van der Waals surface area (Å²) in [7, 11) is 0. The maximum atomic E-state index is 11.8. The molecular weight excluding hydrogens is 304 g/mol. The summed E-state index contributed by atoms with van der Waals surface area (Å²) in [6, 6.07) is 8.47. The summed E-state index contributed by atoms with van der Waals surface area (Å²) in [5.41, 5.74) is 1.19. The summed E-state index contributed by atoms with van der Waals surface area (Å²) in [5.74, 6) is -0.193. The van der Waals surface area contributed by atoms with Crippen LogP contribution in [0.1, 0.15) is 10.4 Å². The number of pyridine rings is 1. The van der Waals surface area contributed by atoms with Gasteiger partial charge in [0.2, 0.25) is 0 Å². The monoisotopic (exact) mass is 310 g/mol. The highest BCUT2D eigenvalue weighted by Gasteiger charge is 2.05. The van der Waals surface area contributed by atoms with E-state index in [1.165, 1.54) is 0 Å². The molecule has 0 saturated heterocycles. The van der Waals surface area contributed by atoms with Crippen molar-refractivity contribution in [2.75, 3.05) is 5.32 Å². The standard InChI is InChI=1S/C12H8BrClN2O/c13-9-5-11(7-15-6-9)16-12(17)8-1-3-10(14)4-2-8/h1-7H,(H,16,17). The zero-order valence-electron chi connectivity index (χ0n) is 8.65. The van der Waals surface area contributed by atoms with Crippen LogP contribution in [0.2, 0.25) is 5.02 Å². The number of anilines is 1. The maximum absolute atomic E-state index is 11.8. The molecule has 1 aromatic heterocycles. The molecule has 86 valence electrons. The maximum Gasteiger partial charge on any atom is 0.255 e. The van der Waals surface area contributed by atoms with E-state index in [4.69, 9.17) is 11.6 Å². The lowest BCUT2D eigenvalue weighted by Gasteiger charge is -2.05. The van der Waals surface area contributed by atoms with E-state index >= 15 is 0 Å². The van der Waals surface area contributed by atoms with E-state index in [-0.39, 0.29) is 5.91 Å². The largest absolute Gasteiger partial charge is 0.321 e. The van der Waals surface area contributed by atoms with Crippen LogP contribution in [0.5, 0.6) is 0 Å². The molecule has 0 aliphatic rings. The van der Waals surface area contributed by atoms with Gasteiger partial charge in [-0.1, -0.05) is 11.6 Å². The predicted molar refractivity (Wildman–Crippen MR) is 71.3 cm³/mol. The van der Waals surface area contributed by atoms with E-state index in [2.05, 4.69) is 26.2 Å². The number of nitrogens with zero attached hydrogens (tertiary/aromatic N) is 1. The molecule has 0 aliphatic carbocycles. The van der Waals surface area contributed by atoms with Crippen molar-refractivity contribution in [3.63, 3.8) is 0 Å². The number of benzene rings is 1. The Morgan fingerprint density at radius 3 is 2.59 bits per heavy atom. The van der Waals surface area contributed by atoms with Gasteiger partial charge in [-0.3, -0.25) is 9.78 Å². The topological polar surface area (TPSA) is 42.0 Å². The lowest BCUT2D eigenvalue weighted by molar-refractivity contribution is 0.102. The first kappa shape index (κ1) is 12.1. The minimum atomic E-state index is -0.193. The molecule has 1 amide bonds. The van der Waals surface area contributed by atoms with Gasteiger partial charge in [0.1, 0.15) is 0 Å². The molecule has 0 spiro atoms. The summed E-state index contributed by atoms with van der Waals surface area (Å²) in [5, 5.41) is 3.35. The number of rotatable bonds is 2. The fourth-order valence-corrected chi connectivity index (χ4v) is 1.78. The Balaban J connectivity index is 2.14. The van der Waals surface area contributed by atoms with Crippen LogP contribution in [0.15, 0.2) is 47.2 Å². The van der Waals surface area contributed by atoms with Crippen LogP contribution < -0.4 is 5.32 Å². The van der Waals surface area contributed by atoms with Crippen LogP contribution in [0, 0.1) is 0 Å². The number of aromatic nitrogens is 1. The Labute approximate surface area is 112 Å². The third-order valence-corrected chi connectivity index (χ3v) is 2.75. The smallest absolute Gasteiger partial charge is 0.255 e. The zero-order valence-corrected chi connectivity index (χ0v) is 11.0.